The molecule has 7 nitrogen and oxygen atoms in total. The lowest BCUT2D eigenvalue weighted by atomic mass is 10.0. The normalized spacial score (nSPS) is 11.6. The number of nitrogens with zero attached hydrogens (tertiary/aromatic N) is 1. The average Bonchev–Trinajstić information content (AvgIpc) is 3.26. The lowest BCUT2D eigenvalue weighted by molar-refractivity contribution is -0.114. The summed E-state index contributed by atoms with van der Waals surface area (Å²) in [4.78, 5) is 28.1. The van der Waals surface area contributed by atoms with E-state index >= 15 is 0 Å². The fraction of sp³-hybridized carbons (Fsp3) is 0.292. The minimum atomic E-state index is -0.231. The van der Waals surface area contributed by atoms with Crippen molar-refractivity contribution in [3.63, 3.8) is 0 Å². The summed E-state index contributed by atoms with van der Waals surface area (Å²) < 4.78 is 11.1. The number of aromatic nitrogens is 1. The average molecular weight is 454 g/mol. The molecule has 1 atom stereocenters. The summed E-state index contributed by atoms with van der Waals surface area (Å²) in [6.45, 7) is 3.85. The van der Waals surface area contributed by atoms with Gasteiger partial charge in [0.2, 0.25) is 5.91 Å². The van der Waals surface area contributed by atoms with Crippen molar-refractivity contribution in [2.45, 2.75) is 32.8 Å². The molecular weight excluding hydrogens is 426 g/mol. The summed E-state index contributed by atoms with van der Waals surface area (Å²) in [6, 6.07) is 13.3. The Hall–Kier alpha value is -3.23. The van der Waals surface area contributed by atoms with Gasteiger partial charge in [-0.2, -0.15) is 0 Å². The van der Waals surface area contributed by atoms with Crippen molar-refractivity contribution in [3.8, 4) is 5.75 Å². The van der Waals surface area contributed by atoms with E-state index in [-0.39, 0.29) is 17.9 Å². The molecule has 0 aliphatic carbocycles. The maximum Gasteiger partial charge on any atom is 0.257 e. The Morgan fingerprint density at radius 1 is 1.06 bits per heavy atom. The maximum atomic E-state index is 12.8. The van der Waals surface area contributed by atoms with E-state index in [0.29, 0.717) is 23.1 Å². The van der Waals surface area contributed by atoms with Crippen molar-refractivity contribution in [1.29, 1.82) is 0 Å². The Labute approximate surface area is 191 Å². The lowest BCUT2D eigenvalue weighted by Gasteiger charge is -2.16. The smallest absolute Gasteiger partial charge is 0.257 e. The first-order chi connectivity index (χ1) is 15.4. The maximum absolute atomic E-state index is 12.8. The van der Waals surface area contributed by atoms with Crippen LogP contribution < -0.4 is 15.4 Å². The van der Waals surface area contributed by atoms with Crippen LogP contribution in [0.3, 0.4) is 0 Å². The van der Waals surface area contributed by atoms with Gasteiger partial charge in [0.1, 0.15) is 11.9 Å². The number of amides is 2. The highest BCUT2D eigenvalue weighted by molar-refractivity contribution is 7.13. The van der Waals surface area contributed by atoms with Crippen LogP contribution >= 0.6 is 11.3 Å². The number of aryl methyl sites for hydroxylation is 2. The van der Waals surface area contributed by atoms with Gasteiger partial charge < -0.3 is 14.8 Å². The molecule has 32 heavy (non-hydrogen) atoms. The van der Waals surface area contributed by atoms with E-state index in [1.54, 1.807) is 19.4 Å². The lowest BCUT2D eigenvalue weighted by Crippen LogP contribution is -2.19. The molecule has 0 fully saturated rings. The fourth-order valence-corrected chi connectivity index (χ4v) is 3.73. The number of thiazole rings is 1. The van der Waals surface area contributed by atoms with E-state index in [1.807, 2.05) is 48.7 Å². The molecule has 0 aliphatic heterocycles. The van der Waals surface area contributed by atoms with Gasteiger partial charge in [0, 0.05) is 36.9 Å². The van der Waals surface area contributed by atoms with Gasteiger partial charge in [0.15, 0.2) is 5.13 Å². The first kappa shape index (κ1) is 23.4. The fourth-order valence-electron chi connectivity index (χ4n) is 3.21. The number of anilines is 2. The van der Waals surface area contributed by atoms with E-state index in [1.165, 1.54) is 18.3 Å². The molecule has 168 valence electrons. The summed E-state index contributed by atoms with van der Waals surface area (Å²) in [7, 11) is 1.63. The van der Waals surface area contributed by atoms with E-state index in [9.17, 15) is 9.59 Å². The number of nitrogens with one attached hydrogen (secondary N) is 2. The molecule has 0 saturated carbocycles. The van der Waals surface area contributed by atoms with Gasteiger partial charge in [-0.05, 0) is 61.2 Å². The van der Waals surface area contributed by atoms with Crippen molar-refractivity contribution in [2.24, 2.45) is 0 Å². The molecule has 0 aliphatic rings. The van der Waals surface area contributed by atoms with Crippen molar-refractivity contribution in [2.75, 3.05) is 24.4 Å². The van der Waals surface area contributed by atoms with Gasteiger partial charge in [-0.15, -0.1) is 11.3 Å². The first-order valence-corrected chi connectivity index (χ1v) is 11.2. The zero-order valence-corrected chi connectivity index (χ0v) is 19.2. The van der Waals surface area contributed by atoms with Gasteiger partial charge in [0.25, 0.3) is 5.91 Å². The summed E-state index contributed by atoms with van der Waals surface area (Å²) in [5.74, 6) is 0.295. The number of carbonyl (C=O) groups excluding carboxylic acids is 2. The zero-order valence-electron chi connectivity index (χ0n) is 18.4. The molecular formula is C24H27N3O4S. The van der Waals surface area contributed by atoms with Gasteiger partial charge in [-0.3, -0.25) is 14.9 Å². The minimum Gasteiger partial charge on any atom is -0.488 e. The first-order valence-electron chi connectivity index (χ1n) is 10.3. The molecule has 3 rings (SSSR count). The molecule has 2 N–H and O–H groups in total. The molecule has 0 spiro atoms. The van der Waals surface area contributed by atoms with Crippen LogP contribution in [-0.2, 0) is 22.4 Å². The summed E-state index contributed by atoms with van der Waals surface area (Å²) in [5, 5.41) is 7.95. The van der Waals surface area contributed by atoms with Crippen molar-refractivity contribution >= 4 is 34.0 Å². The molecule has 2 aromatic carbocycles. The number of rotatable bonds is 10. The molecule has 0 bridgehead atoms. The van der Waals surface area contributed by atoms with E-state index in [4.69, 9.17) is 9.47 Å². The van der Waals surface area contributed by atoms with Crippen LogP contribution in [0.1, 0.15) is 35.3 Å². The third kappa shape index (κ3) is 7.18. The minimum absolute atomic E-state index is 0.0965. The SMILES string of the molecule is COC[C@H](C)Oc1cc(CCc2ccc(NC(C)=O)cc2)cc(C(=O)Nc2nccs2)c1. The van der Waals surface area contributed by atoms with Crippen LogP contribution in [0, 0.1) is 0 Å². The van der Waals surface area contributed by atoms with Crippen molar-refractivity contribution in [1.82, 2.24) is 4.98 Å². The van der Waals surface area contributed by atoms with Crippen molar-refractivity contribution < 1.29 is 19.1 Å². The predicted octanol–water partition coefficient (Wildman–Crippen LogP) is 4.55. The largest absolute Gasteiger partial charge is 0.488 e. The Kier molecular flexibility index (Phi) is 8.35. The zero-order chi connectivity index (χ0) is 22.9. The number of hydrogen-bond acceptors (Lipinski definition) is 6. The standard InChI is InChI=1S/C24H27N3O4S/c1-16(15-30-3)31-22-13-19(5-4-18-6-8-21(9-7-18)26-17(2)28)12-20(14-22)23(29)27-24-25-10-11-32-24/h6-14,16H,4-5,15H2,1-3H3,(H,26,28)(H,25,27,29)/t16-/m0/s1. The number of carbonyl (C=O) groups is 2. The van der Waals surface area contributed by atoms with Crippen molar-refractivity contribution in [3.05, 3.63) is 70.7 Å². The summed E-state index contributed by atoms with van der Waals surface area (Å²) in [5.41, 5.74) is 3.40. The van der Waals surface area contributed by atoms with Crippen LogP contribution in [0.25, 0.3) is 0 Å². The van der Waals surface area contributed by atoms with Gasteiger partial charge in [0.05, 0.1) is 6.61 Å². The highest BCUT2D eigenvalue weighted by atomic mass is 32.1. The van der Waals surface area contributed by atoms with E-state index < -0.39 is 0 Å². The number of methoxy groups -OCH3 is 1. The van der Waals surface area contributed by atoms with Crippen LogP contribution in [0.2, 0.25) is 0 Å². The molecule has 0 saturated heterocycles. The van der Waals surface area contributed by atoms with Gasteiger partial charge in [-0.1, -0.05) is 12.1 Å². The second kappa shape index (κ2) is 11.4. The predicted molar refractivity (Wildman–Crippen MR) is 127 cm³/mol. The second-order valence-electron chi connectivity index (χ2n) is 7.42. The molecule has 8 heteroatoms. The topological polar surface area (TPSA) is 89.5 Å². The van der Waals surface area contributed by atoms with Gasteiger partial charge >= 0.3 is 0 Å². The number of hydrogen-bond donors (Lipinski definition) is 2. The van der Waals surface area contributed by atoms with Crippen LogP contribution in [-0.4, -0.2) is 36.6 Å². The number of benzene rings is 2. The number of ether oxygens (including phenoxy) is 2. The Bertz CT molecular complexity index is 1040. The van der Waals surface area contributed by atoms with Crippen LogP contribution in [0.4, 0.5) is 10.8 Å². The monoisotopic (exact) mass is 453 g/mol. The highest BCUT2D eigenvalue weighted by Crippen LogP contribution is 2.22. The highest BCUT2D eigenvalue weighted by Gasteiger charge is 2.13. The van der Waals surface area contributed by atoms with Crippen LogP contribution in [0.5, 0.6) is 5.75 Å². The second-order valence-corrected chi connectivity index (χ2v) is 8.31. The Morgan fingerprint density at radius 2 is 1.81 bits per heavy atom. The third-order valence-electron chi connectivity index (χ3n) is 4.60. The summed E-state index contributed by atoms with van der Waals surface area (Å²) >= 11 is 1.37. The molecule has 2 amide bonds. The Morgan fingerprint density at radius 3 is 2.47 bits per heavy atom. The third-order valence-corrected chi connectivity index (χ3v) is 5.29. The van der Waals surface area contributed by atoms with E-state index in [2.05, 4.69) is 15.6 Å². The summed E-state index contributed by atoms with van der Waals surface area (Å²) in [6.07, 6.45) is 3.01. The molecule has 1 aromatic heterocycles. The molecule has 0 radical (unpaired) electrons. The Balaban J connectivity index is 1.75. The van der Waals surface area contributed by atoms with Gasteiger partial charge in [-0.25, -0.2) is 4.98 Å². The molecule has 1 heterocycles. The molecule has 3 aromatic rings. The van der Waals surface area contributed by atoms with Crippen LogP contribution in [0.15, 0.2) is 54.0 Å². The van der Waals surface area contributed by atoms with E-state index in [0.717, 1.165) is 29.7 Å². The molecule has 0 unspecified atom stereocenters. The quantitative estimate of drug-likeness (QED) is 0.470.